The van der Waals surface area contributed by atoms with E-state index in [0.717, 1.165) is 6.42 Å². The molecule has 0 saturated heterocycles. The standard InChI is InChI=1S/C27H28N2O6S/c1-5-8-20-23(26(32)35-6-2)24(19-15-18(33-3)11-12-21(19)34-4)29-25(31)22(36-27(29)28-20)14-16-9-7-10-17(30)13-16/h7,9-15,24,30H,5-6,8H2,1-4H3/b22-14-. The van der Waals surface area contributed by atoms with Crippen molar-refractivity contribution in [2.75, 3.05) is 20.8 Å². The first-order chi connectivity index (χ1) is 17.4. The van der Waals surface area contributed by atoms with Crippen LogP contribution in [-0.4, -0.2) is 36.5 Å². The predicted octanol–water partition coefficient (Wildman–Crippen LogP) is 3.30. The zero-order valence-electron chi connectivity index (χ0n) is 20.6. The summed E-state index contributed by atoms with van der Waals surface area (Å²) in [6.45, 7) is 3.93. The Morgan fingerprint density at radius 3 is 2.64 bits per heavy atom. The highest BCUT2D eigenvalue weighted by molar-refractivity contribution is 7.07. The molecule has 0 bridgehead atoms. The van der Waals surface area contributed by atoms with Crippen LogP contribution in [0.5, 0.6) is 17.2 Å². The van der Waals surface area contributed by atoms with Crippen molar-refractivity contribution in [2.24, 2.45) is 4.99 Å². The highest BCUT2D eigenvalue weighted by Gasteiger charge is 2.36. The lowest BCUT2D eigenvalue weighted by atomic mass is 9.93. The lowest BCUT2D eigenvalue weighted by molar-refractivity contribution is -0.139. The Kier molecular flexibility index (Phi) is 7.59. The molecule has 1 N–H and O–H groups in total. The molecule has 0 saturated carbocycles. The fourth-order valence-corrected chi connectivity index (χ4v) is 5.25. The monoisotopic (exact) mass is 508 g/mol. The molecule has 3 aromatic rings. The van der Waals surface area contributed by atoms with E-state index in [1.54, 1.807) is 62.6 Å². The van der Waals surface area contributed by atoms with E-state index in [2.05, 4.69) is 0 Å². The predicted molar refractivity (Wildman–Crippen MR) is 137 cm³/mol. The van der Waals surface area contributed by atoms with Gasteiger partial charge in [-0.15, -0.1) is 0 Å². The number of hydrogen-bond acceptors (Lipinski definition) is 8. The molecule has 2 heterocycles. The van der Waals surface area contributed by atoms with Gasteiger partial charge >= 0.3 is 5.97 Å². The molecule has 36 heavy (non-hydrogen) atoms. The number of rotatable bonds is 8. The van der Waals surface area contributed by atoms with Gasteiger partial charge in [0.1, 0.15) is 23.3 Å². The zero-order valence-corrected chi connectivity index (χ0v) is 21.4. The van der Waals surface area contributed by atoms with Gasteiger partial charge in [-0.1, -0.05) is 36.8 Å². The average Bonchev–Trinajstić information content (AvgIpc) is 3.17. The number of fused-ring (bicyclic) bond motifs is 1. The number of thiazole rings is 1. The Bertz CT molecular complexity index is 1500. The summed E-state index contributed by atoms with van der Waals surface area (Å²) in [5.74, 6) is 0.639. The lowest BCUT2D eigenvalue weighted by Crippen LogP contribution is -2.40. The van der Waals surface area contributed by atoms with Crippen molar-refractivity contribution >= 4 is 23.4 Å². The number of carbonyl (C=O) groups excluding carboxylic acids is 1. The van der Waals surface area contributed by atoms with Crippen LogP contribution >= 0.6 is 11.3 Å². The molecular weight excluding hydrogens is 480 g/mol. The van der Waals surface area contributed by atoms with Crippen LogP contribution in [0, 0.1) is 0 Å². The van der Waals surface area contributed by atoms with Crippen LogP contribution in [0.2, 0.25) is 0 Å². The van der Waals surface area contributed by atoms with Gasteiger partial charge in [0.25, 0.3) is 5.56 Å². The molecule has 2 aromatic carbocycles. The molecule has 0 amide bonds. The molecule has 9 heteroatoms. The third kappa shape index (κ3) is 4.79. The molecule has 8 nitrogen and oxygen atoms in total. The molecule has 1 unspecified atom stereocenters. The van der Waals surface area contributed by atoms with Crippen molar-refractivity contribution in [3.8, 4) is 17.2 Å². The molecule has 0 spiro atoms. The first-order valence-corrected chi connectivity index (χ1v) is 12.5. The Hall–Kier alpha value is -3.85. The number of nitrogens with zero attached hydrogens (tertiary/aromatic N) is 2. The number of phenolic OH excluding ortho intramolecular Hbond substituents is 1. The fraction of sp³-hybridized carbons (Fsp3) is 0.296. The summed E-state index contributed by atoms with van der Waals surface area (Å²) in [5.41, 5.74) is 1.84. The van der Waals surface area contributed by atoms with Gasteiger partial charge in [-0.2, -0.15) is 0 Å². The van der Waals surface area contributed by atoms with Gasteiger partial charge in [0.2, 0.25) is 0 Å². The number of carbonyl (C=O) groups is 1. The summed E-state index contributed by atoms with van der Waals surface area (Å²) in [7, 11) is 3.09. The number of phenols is 1. The van der Waals surface area contributed by atoms with E-state index >= 15 is 0 Å². The van der Waals surface area contributed by atoms with E-state index in [4.69, 9.17) is 19.2 Å². The van der Waals surface area contributed by atoms with Crippen molar-refractivity contribution in [3.05, 3.63) is 84.5 Å². The summed E-state index contributed by atoms with van der Waals surface area (Å²) in [6, 6.07) is 11.1. The quantitative estimate of drug-likeness (QED) is 0.469. The van der Waals surface area contributed by atoms with E-state index in [1.165, 1.54) is 23.0 Å². The van der Waals surface area contributed by atoms with Crippen molar-refractivity contribution in [1.82, 2.24) is 4.57 Å². The number of hydrogen-bond donors (Lipinski definition) is 1. The number of allylic oxidation sites excluding steroid dienone is 1. The van der Waals surface area contributed by atoms with Gasteiger partial charge in [-0.05, 0) is 55.3 Å². The third-order valence-corrected chi connectivity index (χ3v) is 6.77. The number of esters is 1. The van der Waals surface area contributed by atoms with Crippen molar-refractivity contribution in [1.29, 1.82) is 0 Å². The highest BCUT2D eigenvalue weighted by atomic mass is 32.1. The molecule has 188 valence electrons. The number of benzene rings is 2. The number of aromatic nitrogens is 1. The molecule has 1 aromatic heterocycles. The minimum absolute atomic E-state index is 0.102. The first kappa shape index (κ1) is 25.2. The number of aromatic hydroxyl groups is 1. The van der Waals surface area contributed by atoms with Crippen molar-refractivity contribution in [3.63, 3.8) is 0 Å². The van der Waals surface area contributed by atoms with Gasteiger partial charge in [-0.25, -0.2) is 9.79 Å². The summed E-state index contributed by atoms with van der Waals surface area (Å²) >= 11 is 1.23. The Balaban J connectivity index is 2.06. The Labute approximate surface area is 212 Å². The summed E-state index contributed by atoms with van der Waals surface area (Å²) in [5, 5.41) is 9.86. The van der Waals surface area contributed by atoms with Crippen LogP contribution < -0.4 is 24.4 Å². The largest absolute Gasteiger partial charge is 0.508 e. The second kappa shape index (κ2) is 10.8. The topological polar surface area (TPSA) is 99.4 Å². The van der Waals surface area contributed by atoms with Gasteiger partial charge in [0.15, 0.2) is 4.80 Å². The second-order valence-corrected chi connectivity index (χ2v) is 9.13. The minimum atomic E-state index is -0.821. The van der Waals surface area contributed by atoms with Gasteiger partial charge in [-0.3, -0.25) is 9.36 Å². The SMILES string of the molecule is CCCC1=C(C(=O)OCC)C(c2cc(OC)ccc2OC)n2c(s/c(=C\c3cccc(O)c3)c2=O)=N1. The molecule has 4 rings (SSSR count). The third-order valence-electron chi connectivity index (χ3n) is 5.79. The average molecular weight is 509 g/mol. The highest BCUT2D eigenvalue weighted by Crippen LogP contribution is 2.38. The number of methoxy groups -OCH3 is 2. The fourth-order valence-electron chi connectivity index (χ4n) is 4.23. The van der Waals surface area contributed by atoms with Crippen LogP contribution in [0.4, 0.5) is 0 Å². The van der Waals surface area contributed by atoms with Gasteiger partial charge in [0.05, 0.1) is 36.6 Å². The van der Waals surface area contributed by atoms with Gasteiger partial charge < -0.3 is 19.3 Å². The molecule has 0 aliphatic carbocycles. The molecule has 1 atom stereocenters. The van der Waals surface area contributed by atoms with E-state index in [1.807, 2.05) is 6.92 Å². The van der Waals surface area contributed by atoms with Crippen LogP contribution in [0.25, 0.3) is 6.08 Å². The number of ether oxygens (including phenoxy) is 3. The summed E-state index contributed by atoms with van der Waals surface area (Å²) < 4.78 is 18.5. The molecule has 1 aliphatic rings. The van der Waals surface area contributed by atoms with Crippen molar-refractivity contribution in [2.45, 2.75) is 32.7 Å². The second-order valence-electron chi connectivity index (χ2n) is 8.12. The maximum Gasteiger partial charge on any atom is 0.338 e. The van der Waals surface area contributed by atoms with E-state index in [9.17, 15) is 14.7 Å². The summed E-state index contributed by atoms with van der Waals surface area (Å²) in [4.78, 5) is 32.3. The Morgan fingerprint density at radius 2 is 1.97 bits per heavy atom. The van der Waals surface area contributed by atoms with Crippen molar-refractivity contribution < 1.29 is 24.1 Å². The molecule has 0 radical (unpaired) electrons. The zero-order chi connectivity index (χ0) is 25.8. The van der Waals surface area contributed by atoms with E-state index in [0.29, 0.717) is 49.7 Å². The Morgan fingerprint density at radius 1 is 1.17 bits per heavy atom. The van der Waals surface area contributed by atoms with Gasteiger partial charge in [0, 0.05) is 5.56 Å². The molecule has 0 fully saturated rings. The van der Waals surface area contributed by atoms with Crippen LogP contribution in [0.15, 0.2) is 63.5 Å². The minimum Gasteiger partial charge on any atom is -0.508 e. The maximum absolute atomic E-state index is 13.8. The summed E-state index contributed by atoms with van der Waals surface area (Å²) in [6.07, 6.45) is 2.99. The maximum atomic E-state index is 13.8. The van der Waals surface area contributed by atoms with Crippen LogP contribution in [0.3, 0.4) is 0 Å². The smallest absolute Gasteiger partial charge is 0.338 e. The van der Waals surface area contributed by atoms with Crippen LogP contribution in [0.1, 0.15) is 43.9 Å². The van der Waals surface area contributed by atoms with E-state index < -0.39 is 12.0 Å². The van der Waals surface area contributed by atoms with Crippen LogP contribution in [-0.2, 0) is 9.53 Å². The molecular formula is C27H28N2O6S. The molecule has 1 aliphatic heterocycles. The lowest BCUT2D eigenvalue weighted by Gasteiger charge is -2.27. The first-order valence-electron chi connectivity index (χ1n) is 11.6. The van der Waals surface area contributed by atoms with E-state index in [-0.39, 0.29) is 17.9 Å². The normalized spacial score (nSPS) is 15.3.